The molecular formula is C23H28N2O6S. The summed E-state index contributed by atoms with van der Waals surface area (Å²) in [6.45, 7) is 6.62. The molecule has 1 fully saturated rings. The second-order valence-corrected chi connectivity index (χ2v) is 9.69. The predicted molar refractivity (Wildman–Crippen MR) is 122 cm³/mol. The second-order valence-electron chi connectivity index (χ2n) is 8.00. The molecule has 8 nitrogen and oxygen atoms in total. The van der Waals surface area contributed by atoms with Gasteiger partial charge < -0.3 is 14.7 Å². The van der Waals surface area contributed by atoms with Gasteiger partial charge in [0.25, 0.3) is 10.0 Å². The van der Waals surface area contributed by atoms with E-state index in [1.807, 2.05) is 24.8 Å². The van der Waals surface area contributed by atoms with E-state index >= 15 is 0 Å². The quantitative estimate of drug-likeness (QED) is 0.607. The number of aromatic carboxylic acids is 1. The Bertz CT molecular complexity index is 1110. The molecule has 0 saturated carbocycles. The van der Waals surface area contributed by atoms with Crippen LogP contribution in [0.5, 0.6) is 0 Å². The van der Waals surface area contributed by atoms with E-state index in [0.29, 0.717) is 31.8 Å². The van der Waals surface area contributed by atoms with Gasteiger partial charge in [-0.2, -0.15) is 0 Å². The predicted octanol–water partition coefficient (Wildman–Crippen LogP) is 3.58. The van der Waals surface area contributed by atoms with E-state index in [1.54, 1.807) is 25.1 Å². The molecule has 0 bridgehead atoms. The molecule has 0 spiro atoms. The Balaban J connectivity index is 1.88. The number of nitrogens with zero attached hydrogens (tertiary/aromatic N) is 1. The van der Waals surface area contributed by atoms with Crippen LogP contribution >= 0.6 is 0 Å². The summed E-state index contributed by atoms with van der Waals surface area (Å²) in [4.78, 5) is 26.1. The third kappa shape index (κ3) is 5.40. The minimum Gasteiger partial charge on any atom is -0.478 e. The van der Waals surface area contributed by atoms with Crippen molar-refractivity contribution in [1.29, 1.82) is 0 Å². The number of aryl methyl sites for hydroxylation is 2. The Morgan fingerprint density at radius 3 is 2.47 bits per heavy atom. The van der Waals surface area contributed by atoms with Crippen molar-refractivity contribution < 1.29 is 27.9 Å². The Morgan fingerprint density at radius 1 is 1.16 bits per heavy atom. The molecule has 0 aromatic heterocycles. The number of ether oxygens (including phenoxy) is 1. The summed E-state index contributed by atoms with van der Waals surface area (Å²) in [5.41, 5.74) is 2.20. The minimum atomic E-state index is -3.88. The van der Waals surface area contributed by atoms with Crippen molar-refractivity contribution in [3.8, 4) is 0 Å². The first-order chi connectivity index (χ1) is 15.1. The zero-order chi connectivity index (χ0) is 23.5. The van der Waals surface area contributed by atoms with Crippen LogP contribution in [0.15, 0.2) is 41.3 Å². The van der Waals surface area contributed by atoms with Crippen LogP contribution in [0.2, 0.25) is 0 Å². The van der Waals surface area contributed by atoms with Crippen LogP contribution in [-0.4, -0.2) is 45.2 Å². The molecule has 32 heavy (non-hydrogen) atoms. The Kier molecular flexibility index (Phi) is 7.08. The second kappa shape index (κ2) is 9.60. The van der Waals surface area contributed by atoms with Crippen molar-refractivity contribution in [1.82, 2.24) is 0 Å². The van der Waals surface area contributed by atoms with Crippen molar-refractivity contribution in [2.24, 2.45) is 5.92 Å². The smallest absolute Gasteiger partial charge is 0.337 e. The SMILES string of the molecule is CCOC(=O)[C@@H]1CCCN(c2ccc(NS(=O)(=O)c3cc(C)cc(C)c3)cc2C(=O)O)C1. The Morgan fingerprint density at radius 2 is 1.84 bits per heavy atom. The van der Waals surface area contributed by atoms with Crippen molar-refractivity contribution in [2.45, 2.75) is 38.5 Å². The number of hydrogen-bond donors (Lipinski definition) is 2. The van der Waals surface area contributed by atoms with Crippen LogP contribution in [0.25, 0.3) is 0 Å². The molecule has 1 saturated heterocycles. The first-order valence-electron chi connectivity index (χ1n) is 10.5. The van der Waals surface area contributed by atoms with E-state index in [9.17, 15) is 23.1 Å². The summed E-state index contributed by atoms with van der Waals surface area (Å²) in [7, 11) is -3.88. The lowest BCUT2D eigenvalue weighted by Crippen LogP contribution is -2.40. The number of benzene rings is 2. The number of carbonyl (C=O) groups is 2. The van der Waals surface area contributed by atoms with Crippen molar-refractivity contribution >= 4 is 33.3 Å². The molecule has 1 atom stereocenters. The molecule has 1 aliphatic rings. The standard InChI is InChI=1S/C23H28N2O6S/c1-4-31-23(28)17-6-5-9-25(14-17)21-8-7-18(13-20(21)22(26)27)24-32(29,30)19-11-15(2)10-16(3)12-19/h7-8,10-13,17,24H,4-6,9,14H2,1-3H3,(H,26,27)/t17-/m1/s1. The first kappa shape index (κ1) is 23.6. The van der Waals surface area contributed by atoms with Crippen molar-refractivity contribution in [2.75, 3.05) is 29.3 Å². The Labute approximate surface area is 188 Å². The maximum absolute atomic E-state index is 12.8. The highest BCUT2D eigenvalue weighted by Gasteiger charge is 2.29. The summed E-state index contributed by atoms with van der Waals surface area (Å²) >= 11 is 0. The van der Waals surface area contributed by atoms with Gasteiger partial charge in [0.2, 0.25) is 0 Å². The average molecular weight is 461 g/mol. The lowest BCUT2D eigenvalue weighted by molar-refractivity contribution is -0.148. The van der Waals surface area contributed by atoms with Gasteiger partial charge in [-0.15, -0.1) is 0 Å². The summed E-state index contributed by atoms with van der Waals surface area (Å²) in [5, 5.41) is 9.77. The number of hydrogen-bond acceptors (Lipinski definition) is 6. The number of carboxylic acid groups (broad SMARTS) is 1. The van der Waals surface area contributed by atoms with Gasteiger partial charge in [-0.25, -0.2) is 13.2 Å². The third-order valence-electron chi connectivity index (χ3n) is 5.37. The van der Waals surface area contributed by atoms with Crippen LogP contribution in [-0.2, 0) is 19.6 Å². The number of esters is 1. The largest absolute Gasteiger partial charge is 0.478 e. The van der Waals surface area contributed by atoms with Crippen LogP contribution in [0.4, 0.5) is 11.4 Å². The van der Waals surface area contributed by atoms with E-state index < -0.39 is 16.0 Å². The van der Waals surface area contributed by atoms with Gasteiger partial charge in [-0.3, -0.25) is 9.52 Å². The molecule has 172 valence electrons. The monoisotopic (exact) mass is 460 g/mol. The highest BCUT2D eigenvalue weighted by Crippen LogP contribution is 2.30. The zero-order valence-corrected chi connectivity index (χ0v) is 19.2. The van der Waals surface area contributed by atoms with Crippen molar-refractivity contribution in [3.05, 3.63) is 53.1 Å². The molecule has 3 rings (SSSR count). The maximum Gasteiger partial charge on any atom is 0.337 e. The molecule has 2 aromatic rings. The fraction of sp³-hybridized carbons (Fsp3) is 0.391. The third-order valence-corrected chi connectivity index (χ3v) is 6.73. The number of piperidine rings is 1. The van der Waals surface area contributed by atoms with Gasteiger partial charge in [0.1, 0.15) is 0 Å². The van der Waals surface area contributed by atoms with E-state index in [2.05, 4.69) is 4.72 Å². The van der Waals surface area contributed by atoms with Gasteiger partial charge in [0, 0.05) is 18.8 Å². The topological polar surface area (TPSA) is 113 Å². The summed E-state index contributed by atoms with van der Waals surface area (Å²) in [6.07, 6.45) is 1.41. The summed E-state index contributed by atoms with van der Waals surface area (Å²) < 4.78 is 33.3. The number of carbonyl (C=O) groups excluding carboxylic acids is 1. The number of carboxylic acids is 1. The van der Waals surface area contributed by atoms with Crippen LogP contribution < -0.4 is 9.62 Å². The molecule has 2 aromatic carbocycles. The molecule has 0 aliphatic carbocycles. The Hall–Kier alpha value is -3.07. The van der Waals surface area contributed by atoms with Crippen LogP contribution in [0.3, 0.4) is 0 Å². The molecule has 1 heterocycles. The van der Waals surface area contributed by atoms with Crippen molar-refractivity contribution in [3.63, 3.8) is 0 Å². The van der Waals surface area contributed by atoms with Crippen LogP contribution in [0.1, 0.15) is 41.3 Å². The summed E-state index contributed by atoms with van der Waals surface area (Å²) in [5.74, 6) is -1.79. The molecule has 9 heteroatoms. The number of rotatable bonds is 7. The van der Waals surface area contributed by atoms with E-state index in [0.717, 1.165) is 17.5 Å². The molecule has 1 aliphatic heterocycles. The lowest BCUT2D eigenvalue weighted by Gasteiger charge is -2.34. The molecule has 0 unspecified atom stereocenters. The molecule has 2 N–H and O–H groups in total. The van der Waals surface area contributed by atoms with Crippen LogP contribution in [0, 0.1) is 19.8 Å². The fourth-order valence-corrected chi connectivity index (χ4v) is 5.23. The average Bonchev–Trinajstić information content (AvgIpc) is 2.73. The number of anilines is 2. The van der Waals surface area contributed by atoms with E-state index in [-0.39, 0.29) is 28.0 Å². The highest BCUT2D eigenvalue weighted by molar-refractivity contribution is 7.92. The van der Waals surface area contributed by atoms with Gasteiger partial charge >= 0.3 is 11.9 Å². The zero-order valence-electron chi connectivity index (χ0n) is 18.4. The fourth-order valence-electron chi connectivity index (χ4n) is 4.00. The molecule has 0 radical (unpaired) electrons. The van der Waals surface area contributed by atoms with Gasteiger partial charge in [-0.1, -0.05) is 6.07 Å². The molecule has 0 amide bonds. The van der Waals surface area contributed by atoms with Gasteiger partial charge in [0.15, 0.2) is 0 Å². The number of sulfonamides is 1. The van der Waals surface area contributed by atoms with E-state index in [4.69, 9.17) is 4.74 Å². The minimum absolute atomic E-state index is 0.0323. The lowest BCUT2D eigenvalue weighted by atomic mass is 9.97. The highest BCUT2D eigenvalue weighted by atomic mass is 32.2. The molecular weight excluding hydrogens is 432 g/mol. The van der Waals surface area contributed by atoms with Gasteiger partial charge in [-0.05, 0) is 75.1 Å². The normalized spacial score (nSPS) is 16.5. The number of nitrogens with one attached hydrogen (secondary N) is 1. The maximum atomic E-state index is 12.8. The van der Waals surface area contributed by atoms with E-state index in [1.165, 1.54) is 12.1 Å². The summed E-state index contributed by atoms with van der Waals surface area (Å²) in [6, 6.07) is 9.42. The van der Waals surface area contributed by atoms with Gasteiger partial charge in [0.05, 0.1) is 28.7 Å². The first-order valence-corrected chi connectivity index (χ1v) is 12.0.